The smallest absolute Gasteiger partial charge is 0.251 e. The normalized spacial score (nSPS) is 12.7. The van der Waals surface area contributed by atoms with E-state index in [1.165, 1.54) is 5.56 Å². The molecule has 0 aromatic heterocycles. The van der Waals surface area contributed by atoms with E-state index in [-0.39, 0.29) is 5.91 Å². The Morgan fingerprint density at radius 1 is 1.19 bits per heavy atom. The maximum absolute atomic E-state index is 12.5. The molecule has 0 fully saturated rings. The molecule has 0 unspecified atom stereocenters. The fourth-order valence-electron chi connectivity index (χ4n) is 2.84. The zero-order valence-corrected chi connectivity index (χ0v) is 15.2. The first-order chi connectivity index (χ1) is 12.7. The summed E-state index contributed by atoms with van der Waals surface area (Å²) >= 11 is 0. The number of carbonyl (C=O) groups is 1. The van der Waals surface area contributed by atoms with Gasteiger partial charge in [-0.05, 0) is 24.7 Å². The van der Waals surface area contributed by atoms with Crippen LogP contribution in [0.25, 0.3) is 0 Å². The molecule has 1 heterocycles. The monoisotopic (exact) mass is 356 g/mol. The van der Waals surface area contributed by atoms with Gasteiger partial charge in [-0.15, -0.1) is 0 Å². The number of likely N-dealkylation sites (N-methyl/N-ethyl adjacent to an activating group) is 1. The van der Waals surface area contributed by atoms with Gasteiger partial charge in [0, 0.05) is 25.2 Å². The molecule has 1 N–H and O–H groups in total. The van der Waals surface area contributed by atoms with Gasteiger partial charge in [-0.1, -0.05) is 30.3 Å². The van der Waals surface area contributed by atoms with E-state index in [9.17, 15) is 4.79 Å². The van der Waals surface area contributed by atoms with Crippen molar-refractivity contribution in [2.75, 3.05) is 40.5 Å². The zero-order chi connectivity index (χ0) is 18.4. The Balaban J connectivity index is 1.55. The lowest BCUT2D eigenvalue weighted by molar-refractivity contribution is 0.0947. The number of nitrogens with zero attached hydrogens (tertiary/aromatic N) is 1. The summed E-state index contributed by atoms with van der Waals surface area (Å²) in [4.78, 5) is 14.6. The number of fused-ring (bicyclic) bond motifs is 1. The fourth-order valence-corrected chi connectivity index (χ4v) is 2.84. The molecule has 0 saturated heterocycles. The van der Waals surface area contributed by atoms with Crippen LogP contribution in [-0.2, 0) is 6.54 Å². The third-order valence-electron chi connectivity index (χ3n) is 4.16. The van der Waals surface area contributed by atoms with E-state index < -0.39 is 0 Å². The number of benzene rings is 2. The first-order valence-corrected chi connectivity index (χ1v) is 8.65. The van der Waals surface area contributed by atoms with Crippen molar-refractivity contribution < 1.29 is 19.0 Å². The lowest BCUT2D eigenvalue weighted by Gasteiger charge is -2.21. The summed E-state index contributed by atoms with van der Waals surface area (Å²) in [6, 6.07) is 13.6. The van der Waals surface area contributed by atoms with Crippen LogP contribution in [-0.4, -0.2) is 51.3 Å². The second kappa shape index (κ2) is 8.58. The molecule has 2 aromatic carbocycles. The third kappa shape index (κ3) is 4.46. The Bertz CT molecular complexity index is 732. The van der Waals surface area contributed by atoms with Gasteiger partial charge in [0.05, 0.1) is 7.11 Å². The molecule has 3 rings (SSSR count). The van der Waals surface area contributed by atoms with Gasteiger partial charge in [-0.2, -0.15) is 0 Å². The summed E-state index contributed by atoms with van der Waals surface area (Å²) in [6.07, 6.45) is 0. The van der Waals surface area contributed by atoms with Crippen LogP contribution in [0.1, 0.15) is 15.9 Å². The Kier molecular flexibility index (Phi) is 5.96. The highest BCUT2D eigenvalue weighted by molar-refractivity contribution is 5.95. The summed E-state index contributed by atoms with van der Waals surface area (Å²) in [5.41, 5.74) is 1.75. The highest BCUT2D eigenvalue weighted by Crippen LogP contribution is 2.40. The van der Waals surface area contributed by atoms with Crippen LogP contribution in [0.3, 0.4) is 0 Å². The third-order valence-corrected chi connectivity index (χ3v) is 4.16. The zero-order valence-electron chi connectivity index (χ0n) is 15.2. The van der Waals surface area contributed by atoms with Gasteiger partial charge in [0.1, 0.15) is 13.2 Å². The molecule has 2 aromatic rings. The summed E-state index contributed by atoms with van der Waals surface area (Å²) in [5.74, 6) is 1.45. The second-order valence-electron chi connectivity index (χ2n) is 6.18. The van der Waals surface area contributed by atoms with Crippen LogP contribution in [0, 0.1) is 0 Å². The van der Waals surface area contributed by atoms with Crippen molar-refractivity contribution >= 4 is 5.91 Å². The van der Waals surface area contributed by atoms with E-state index in [0.29, 0.717) is 42.6 Å². The summed E-state index contributed by atoms with van der Waals surface area (Å²) in [5, 5.41) is 2.94. The lowest BCUT2D eigenvalue weighted by atomic mass is 10.1. The second-order valence-corrected chi connectivity index (χ2v) is 6.18. The minimum absolute atomic E-state index is 0.159. The largest absolute Gasteiger partial charge is 0.493 e. The van der Waals surface area contributed by atoms with E-state index in [0.717, 1.165) is 13.1 Å². The first kappa shape index (κ1) is 18.1. The predicted molar refractivity (Wildman–Crippen MR) is 99.1 cm³/mol. The van der Waals surface area contributed by atoms with E-state index in [1.807, 2.05) is 25.2 Å². The van der Waals surface area contributed by atoms with Crippen LogP contribution >= 0.6 is 0 Å². The summed E-state index contributed by atoms with van der Waals surface area (Å²) < 4.78 is 16.5. The van der Waals surface area contributed by atoms with Gasteiger partial charge in [0.25, 0.3) is 5.91 Å². The van der Waals surface area contributed by atoms with Crippen molar-refractivity contribution in [2.45, 2.75) is 6.54 Å². The van der Waals surface area contributed by atoms with Gasteiger partial charge in [-0.25, -0.2) is 0 Å². The molecular formula is C20H24N2O4. The van der Waals surface area contributed by atoms with Crippen molar-refractivity contribution in [1.82, 2.24) is 10.2 Å². The van der Waals surface area contributed by atoms with Gasteiger partial charge in [0.2, 0.25) is 5.75 Å². The number of rotatable bonds is 7. The van der Waals surface area contributed by atoms with E-state index >= 15 is 0 Å². The molecule has 0 saturated carbocycles. The SMILES string of the molecule is COc1cc(C(=O)NCCN(C)Cc2ccccc2)cc2c1OCCO2. The molecule has 1 amide bonds. The van der Waals surface area contributed by atoms with Crippen LogP contribution in [0.5, 0.6) is 17.2 Å². The Morgan fingerprint density at radius 3 is 2.73 bits per heavy atom. The van der Waals surface area contributed by atoms with Gasteiger partial charge in [0.15, 0.2) is 11.5 Å². The molecule has 138 valence electrons. The Morgan fingerprint density at radius 2 is 1.96 bits per heavy atom. The molecule has 0 spiro atoms. The molecule has 1 aliphatic rings. The topological polar surface area (TPSA) is 60.0 Å². The predicted octanol–water partition coefficient (Wildman–Crippen LogP) is 2.33. The minimum Gasteiger partial charge on any atom is -0.493 e. The molecule has 0 bridgehead atoms. The average Bonchev–Trinajstić information content (AvgIpc) is 2.67. The molecule has 0 atom stereocenters. The average molecular weight is 356 g/mol. The quantitative estimate of drug-likeness (QED) is 0.825. The van der Waals surface area contributed by atoms with Gasteiger partial charge in [-0.3, -0.25) is 4.79 Å². The maximum Gasteiger partial charge on any atom is 0.251 e. The van der Waals surface area contributed by atoms with Crippen molar-refractivity contribution in [3.05, 3.63) is 53.6 Å². The molecule has 6 nitrogen and oxygen atoms in total. The fraction of sp³-hybridized carbons (Fsp3) is 0.350. The number of methoxy groups -OCH3 is 1. The van der Waals surface area contributed by atoms with Gasteiger partial charge < -0.3 is 24.4 Å². The van der Waals surface area contributed by atoms with Crippen LogP contribution < -0.4 is 19.5 Å². The van der Waals surface area contributed by atoms with Crippen LogP contribution in [0.4, 0.5) is 0 Å². The summed E-state index contributed by atoms with van der Waals surface area (Å²) in [7, 11) is 3.58. The summed E-state index contributed by atoms with van der Waals surface area (Å²) in [6.45, 7) is 3.09. The number of hydrogen-bond donors (Lipinski definition) is 1. The molecule has 6 heteroatoms. The van der Waals surface area contributed by atoms with E-state index in [1.54, 1.807) is 19.2 Å². The van der Waals surface area contributed by atoms with E-state index in [2.05, 4.69) is 22.3 Å². The molecule has 26 heavy (non-hydrogen) atoms. The molecular weight excluding hydrogens is 332 g/mol. The number of nitrogens with one attached hydrogen (secondary N) is 1. The van der Waals surface area contributed by atoms with Crippen molar-refractivity contribution in [1.29, 1.82) is 0 Å². The van der Waals surface area contributed by atoms with E-state index in [4.69, 9.17) is 14.2 Å². The number of ether oxygens (including phenoxy) is 3. The highest BCUT2D eigenvalue weighted by atomic mass is 16.6. The van der Waals surface area contributed by atoms with Crippen LogP contribution in [0.2, 0.25) is 0 Å². The van der Waals surface area contributed by atoms with Crippen LogP contribution in [0.15, 0.2) is 42.5 Å². The van der Waals surface area contributed by atoms with Crippen molar-refractivity contribution in [3.63, 3.8) is 0 Å². The molecule has 0 aliphatic carbocycles. The van der Waals surface area contributed by atoms with Gasteiger partial charge >= 0.3 is 0 Å². The van der Waals surface area contributed by atoms with Crippen molar-refractivity contribution in [2.24, 2.45) is 0 Å². The van der Waals surface area contributed by atoms with Crippen molar-refractivity contribution in [3.8, 4) is 17.2 Å². The number of hydrogen-bond acceptors (Lipinski definition) is 5. The Labute approximate surface area is 153 Å². The Hall–Kier alpha value is -2.73. The standard InChI is InChI=1S/C20H24N2O4/c1-22(14-15-6-4-3-5-7-15)9-8-21-20(23)16-12-17(24-2)19-18(13-16)25-10-11-26-19/h3-7,12-13H,8-11,14H2,1-2H3,(H,21,23). The maximum atomic E-state index is 12.5. The first-order valence-electron chi connectivity index (χ1n) is 8.65. The minimum atomic E-state index is -0.159. The lowest BCUT2D eigenvalue weighted by Crippen LogP contribution is -2.32. The number of carbonyl (C=O) groups excluding carboxylic acids is 1. The number of amides is 1. The highest BCUT2D eigenvalue weighted by Gasteiger charge is 2.20. The molecule has 1 aliphatic heterocycles. The molecule has 0 radical (unpaired) electrons.